The maximum Gasteiger partial charge on any atom is 0.241 e. The van der Waals surface area contributed by atoms with Gasteiger partial charge >= 0.3 is 0 Å². The molecule has 5 nitrogen and oxygen atoms in total. The van der Waals surface area contributed by atoms with Crippen molar-refractivity contribution in [2.45, 2.75) is 17.9 Å². The summed E-state index contributed by atoms with van der Waals surface area (Å²) in [6.07, 6.45) is 1.62. The lowest BCUT2D eigenvalue weighted by molar-refractivity contribution is 0.564. The highest BCUT2D eigenvalue weighted by molar-refractivity contribution is 9.10. The minimum atomic E-state index is -3.62. The summed E-state index contributed by atoms with van der Waals surface area (Å²) in [6.45, 7) is 1.74. The molecule has 3 N–H and O–H groups in total. The van der Waals surface area contributed by atoms with E-state index in [4.69, 9.17) is 5.73 Å². The maximum atomic E-state index is 12.3. The van der Waals surface area contributed by atoms with Gasteiger partial charge in [0, 0.05) is 16.4 Å². The van der Waals surface area contributed by atoms with Crippen LogP contribution in [0.1, 0.15) is 18.7 Å². The van der Waals surface area contributed by atoms with Gasteiger partial charge in [0.25, 0.3) is 0 Å². The number of hydrogen-bond acceptors (Lipinski definition) is 4. The number of nitrogens with zero attached hydrogens (tertiary/aromatic N) is 1. The van der Waals surface area contributed by atoms with E-state index in [0.717, 1.165) is 0 Å². The van der Waals surface area contributed by atoms with E-state index in [1.165, 1.54) is 12.1 Å². The molecule has 0 aliphatic rings. The fraction of sp³-hybridized carbons (Fsp3) is 0.154. The number of nitrogens with one attached hydrogen (secondary N) is 1. The number of nitrogens with two attached hydrogens (primary N) is 1. The van der Waals surface area contributed by atoms with Crippen LogP contribution in [0.25, 0.3) is 0 Å². The van der Waals surface area contributed by atoms with Crippen LogP contribution in [-0.4, -0.2) is 13.4 Å². The molecule has 2 aromatic rings. The Hall–Kier alpha value is -1.44. The molecule has 20 heavy (non-hydrogen) atoms. The van der Waals surface area contributed by atoms with Crippen LogP contribution in [0.2, 0.25) is 0 Å². The monoisotopic (exact) mass is 355 g/mol. The van der Waals surface area contributed by atoms with Crippen molar-refractivity contribution in [1.29, 1.82) is 0 Å². The highest BCUT2D eigenvalue weighted by atomic mass is 79.9. The lowest BCUT2D eigenvalue weighted by Gasteiger charge is -2.14. The summed E-state index contributed by atoms with van der Waals surface area (Å²) in [6, 6.07) is 9.43. The van der Waals surface area contributed by atoms with Crippen molar-refractivity contribution in [3.8, 4) is 0 Å². The molecule has 7 heteroatoms. The Kier molecular flexibility index (Phi) is 4.42. The van der Waals surface area contributed by atoms with Crippen molar-refractivity contribution in [1.82, 2.24) is 9.71 Å². The molecule has 1 unspecified atom stereocenters. The zero-order chi connectivity index (χ0) is 14.8. The van der Waals surface area contributed by atoms with Crippen molar-refractivity contribution in [2.24, 2.45) is 0 Å². The molecule has 1 heterocycles. The van der Waals surface area contributed by atoms with Crippen molar-refractivity contribution in [3.63, 3.8) is 0 Å². The molecule has 0 saturated heterocycles. The van der Waals surface area contributed by atoms with E-state index in [1.807, 2.05) is 6.07 Å². The van der Waals surface area contributed by atoms with E-state index in [0.29, 0.717) is 15.9 Å². The average molecular weight is 356 g/mol. The Balaban J connectivity index is 2.25. The zero-order valence-corrected chi connectivity index (χ0v) is 13.1. The summed E-state index contributed by atoms with van der Waals surface area (Å²) in [7, 11) is -3.62. The normalized spacial score (nSPS) is 13.1. The summed E-state index contributed by atoms with van der Waals surface area (Å²) in [5.74, 6) is 0. The highest BCUT2D eigenvalue weighted by Crippen LogP contribution is 2.24. The fourth-order valence-corrected chi connectivity index (χ4v) is 3.44. The van der Waals surface area contributed by atoms with Gasteiger partial charge in [-0.25, -0.2) is 13.1 Å². The second-order valence-electron chi connectivity index (χ2n) is 4.28. The summed E-state index contributed by atoms with van der Waals surface area (Å²) in [5.41, 5.74) is 6.80. The third kappa shape index (κ3) is 3.36. The lowest BCUT2D eigenvalue weighted by Crippen LogP contribution is -2.27. The first-order valence-electron chi connectivity index (χ1n) is 5.88. The minimum Gasteiger partial charge on any atom is -0.398 e. The third-order valence-electron chi connectivity index (χ3n) is 2.75. The largest absolute Gasteiger partial charge is 0.398 e. The van der Waals surface area contributed by atoms with Crippen LogP contribution in [0.4, 0.5) is 5.69 Å². The third-order valence-corrected chi connectivity index (χ3v) is 4.97. The zero-order valence-electron chi connectivity index (χ0n) is 10.7. The number of rotatable bonds is 4. The first-order chi connectivity index (χ1) is 9.40. The molecule has 0 aliphatic heterocycles. The van der Waals surface area contributed by atoms with Gasteiger partial charge < -0.3 is 5.73 Å². The number of aromatic nitrogens is 1. The number of nitrogen functional groups attached to an aromatic ring is 1. The molecule has 1 atom stereocenters. The minimum absolute atomic E-state index is 0.154. The molecule has 1 aromatic heterocycles. The molecule has 0 amide bonds. The van der Waals surface area contributed by atoms with E-state index < -0.39 is 16.1 Å². The van der Waals surface area contributed by atoms with E-state index in [-0.39, 0.29) is 4.90 Å². The molecule has 0 aliphatic carbocycles. The van der Waals surface area contributed by atoms with Crippen molar-refractivity contribution in [3.05, 3.63) is 52.8 Å². The van der Waals surface area contributed by atoms with Gasteiger partial charge in [0.2, 0.25) is 10.0 Å². The van der Waals surface area contributed by atoms with Crippen molar-refractivity contribution >= 4 is 31.6 Å². The number of halogens is 1. The quantitative estimate of drug-likeness (QED) is 0.825. The molecule has 0 spiro atoms. The smallest absolute Gasteiger partial charge is 0.241 e. The van der Waals surface area contributed by atoms with Crippen LogP contribution < -0.4 is 10.5 Å². The van der Waals surface area contributed by atoms with Crippen LogP contribution in [-0.2, 0) is 10.0 Å². The van der Waals surface area contributed by atoms with Gasteiger partial charge in [-0.1, -0.05) is 6.07 Å². The standard InChI is InChI=1S/C13H14BrN3O2S/c1-9(13-4-2-3-7-16-13)17-20(18,19)10-5-6-12(15)11(14)8-10/h2-9,17H,15H2,1H3. The van der Waals surface area contributed by atoms with Gasteiger partial charge in [-0.2, -0.15) is 0 Å². The molecule has 0 saturated carbocycles. The molecule has 0 fully saturated rings. The second kappa shape index (κ2) is 5.90. The first kappa shape index (κ1) is 15.0. The molecule has 106 valence electrons. The average Bonchev–Trinajstić information content (AvgIpc) is 2.42. The van der Waals surface area contributed by atoms with Crippen LogP contribution in [0.15, 0.2) is 52.0 Å². The molecular formula is C13H14BrN3O2S. The van der Waals surface area contributed by atoms with E-state index >= 15 is 0 Å². The summed E-state index contributed by atoms with van der Waals surface area (Å²) in [4.78, 5) is 4.29. The van der Waals surface area contributed by atoms with Crippen LogP contribution >= 0.6 is 15.9 Å². The van der Waals surface area contributed by atoms with Gasteiger partial charge in [0.15, 0.2) is 0 Å². The Morgan fingerprint density at radius 3 is 2.65 bits per heavy atom. The van der Waals surface area contributed by atoms with Gasteiger partial charge in [0.1, 0.15) is 0 Å². The summed E-state index contributed by atoms with van der Waals surface area (Å²) in [5, 5.41) is 0. The summed E-state index contributed by atoms with van der Waals surface area (Å²) < 4.78 is 27.7. The predicted molar refractivity (Wildman–Crippen MR) is 81.5 cm³/mol. The Morgan fingerprint density at radius 2 is 2.05 bits per heavy atom. The highest BCUT2D eigenvalue weighted by Gasteiger charge is 2.19. The number of pyridine rings is 1. The van der Waals surface area contributed by atoms with E-state index in [9.17, 15) is 8.42 Å². The van der Waals surface area contributed by atoms with Crippen molar-refractivity contribution in [2.75, 3.05) is 5.73 Å². The van der Waals surface area contributed by atoms with Crippen LogP contribution in [0.5, 0.6) is 0 Å². The second-order valence-corrected chi connectivity index (χ2v) is 6.85. The number of benzene rings is 1. The lowest BCUT2D eigenvalue weighted by atomic mass is 10.2. The predicted octanol–water partition coefficient (Wildman–Crippen LogP) is 2.47. The maximum absolute atomic E-state index is 12.3. The van der Waals surface area contributed by atoms with Gasteiger partial charge in [-0.05, 0) is 53.2 Å². The van der Waals surface area contributed by atoms with Gasteiger partial charge in [-0.15, -0.1) is 0 Å². The number of hydrogen-bond donors (Lipinski definition) is 2. The van der Waals surface area contributed by atoms with Crippen molar-refractivity contribution < 1.29 is 8.42 Å². The van der Waals surface area contributed by atoms with Gasteiger partial charge in [0.05, 0.1) is 16.6 Å². The van der Waals surface area contributed by atoms with Gasteiger partial charge in [-0.3, -0.25) is 4.98 Å². The van der Waals surface area contributed by atoms with E-state index in [1.54, 1.807) is 31.3 Å². The molecule has 0 bridgehead atoms. The number of sulfonamides is 1. The molecule has 0 radical (unpaired) electrons. The SMILES string of the molecule is CC(NS(=O)(=O)c1ccc(N)c(Br)c1)c1ccccn1. The number of anilines is 1. The Morgan fingerprint density at radius 1 is 1.30 bits per heavy atom. The first-order valence-corrected chi connectivity index (χ1v) is 8.16. The Labute approximate surface area is 126 Å². The van der Waals surface area contributed by atoms with Crippen LogP contribution in [0.3, 0.4) is 0 Å². The summed E-state index contributed by atoms with van der Waals surface area (Å²) >= 11 is 3.22. The van der Waals surface area contributed by atoms with Crippen LogP contribution in [0, 0.1) is 0 Å². The topological polar surface area (TPSA) is 85.1 Å². The molecular weight excluding hydrogens is 342 g/mol. The van der Waals surface area contributed by atoms with E-state index in [2.05, 4.69) is 25.6 Å². The molecule has 2 rings (SSSR count). The molecule has 1 aromatic carbocycles. The Bertz CT molecular complexity index is 705. The fourth-order valence-electron chi connectivity index (χ4n) is 1.67.